The highest BCUT2D eigenvalue weighted by molar-refractivity contribution is 7.89. The average molecular weight is 518 g/mol. The maximum atomic E-state index is 15.2. The molecule has 2 heterocycles. The summed E-state index contributed by atoms with van der Waals surface area (Å²) in [5, 5.41) is 10.2. The fourth-order valence-electron chi connectivity index (χ4n) is 5.02. The van der Waals surface area contributed by atoms with Crippen molar-refractivity contribution in [1.29, 1.82) is 0 Å². The number of anilines is 1. The average Bonchev–Trinajstić information content (AvgIpc) is 2.86. The molecule has 2 aliphatic rings. The van der Waals surface area contributed by atoms with Crippen LogP contribution in [0.15, 0.2) is 60.4 Å². The van der Waals surface area contributed by atoms with Gasteiger partial charge in [0, 0.05) is 56.6 Å². The number of rotatable bonds is 7. The predicted molar refractivity (Wildman–Crippen MR) is 137 cm³/mol. The van der Waals surface area contributed by atoms with Crippen molar-refractivity contribution < 1.29 is 17.7 Å². The lowest BCUT2D eigenvalue weighted by atomic mass is 10.0. The van der Waals surface area contributed by atoms with E-state index < -0.39 is 26.0 Å². The summed E-state index contributed by atoms with van der Waals surface area (Å²) in [6.07, 6.45) is 2.18. The normalized spacial score (nSPS) is 23.0. The number of piperazine rings is 1. The van der Waals surface area contributed by atoms with Crippen LogP contribution >= 0.6 is 0 Å². The number of halogens is 1. The first kappa shape index (κ1) is 26.1. The van der Waals surface area contributed by atoms with Crippen molar-refractivity contribution in [2.24, 2.45) is 5.73 Å². The third kappa shape index (κ3) is 5.53. The van der Waals surface area contributed by atoms with Gasteiger partial charge in [0.1, 0.15) is 11.1 Å². The number of hydrogen-bond donors (Lipinski definition) is 1. The standard InChI is InChI=1S/C25H32FN5O4S/c1-19-7-10-25(20-5-3-2-4-6-20)36(34,35)30(19)17-21-8-9-22(15-24(21)26)28-11-13-29(14-12-28)23(16-27)18-31(32)33/h2-6,8-9,15,18-19,25H,7,10-14,16-17,27H2,1H3/b23-18+. The molecular weight excluding hydrogens is 485 g/mol. The van der Waals surface area contributed by atoms with E-state index in [0.717, 1.165) is 11.8 Å². The summed E-state index contributed by atoms with van der Waals surface area (Å²) in [5.74, 6) is -0.449. The molecule has 2 aromatic carbocycles. The van der Waals surface area contributed by atoms with Crippen LogP contribution in [0, 0.1) is 15.9 Å². The SMILES string of the molecule is CC1CCC(c2ccccc2)S(=O)(=O)N1Cc1ccc(N2CCN(/C(=C/[N+](=O)[O-])CN)CC2)cc1F. The highest BCUT2D eigenvalue weighted by atomic mass is 32.2. The Balaban J connectivity index is 1.46. The molecule has 0 bridgehead atoms. The van der Waals surface area contributed by atoms with Crippen LogP contribution in [0.3, 0.4) is 0 Å². The van der Waals surface area contributed by atoms with Gasteiger partial charge in [0.25, 0.3) is 6.20 Å². The van der Waals surface area contributed by atoms with Gasteiger partial charge in [0.15, 0.2) is 0 Å². The van der Waals surface area contributed by atoms with Gasteiger partial charge in [-0.3, -0.25) is 10.1 Å². The first-order chi connectivity index (χ1) is 17.2. The molecule has 0 saturated carbocycles. The maximum Gasteiger partial charge on any atom is 0.254 e. The number of nitro groups is 1. The minimum absolute atomic E-state index is 0.0156. The first-order valence-electron chi connectivity index (χ1n) is 12.1. The smallest absolute Gasteiger partial charge is 0.254 e. The van der Waals surface area contributed by atoms with E-state index in [1.54, 1.807) is 12.1 Å². The molecule has 0 radical (unpaired) electrons. The maximum absolute atomic E-state index is 15.2. The minimum Gasteiger partial charge on any atom is -0.368 e. The van der Waals surface area contributed by atoms with E-state index in [2.05, 4.69) is 0 Å². The number of sulfonamides is 1. The number of benzene rings is 2. The molecule has 4 rings (SSSR count). The Morgan fingerprint density at radius 2 is 1.83 bits per heavy atom. The molecule has 2 atom stereocenters. The molecule has 2 saturated heterocycles. The van der Waals surface area contributed by atoms with Crippen LogP contribution in [-0.2, 0) is 16.6 Å². The molecular formula is C25H32FN5O4S. The zero-order valence-electron chi connectivity index (χ0n) is 20.3. The zero-order valence-corrected chi connectivity index (χ0v) is 21.1. The predicted octanol–water partition coefficient (Wildman–Crippen LogP) is 3.08. The van der Waals surface area contributed by atoms with Gasteiger partial charge in [-0.05, 0) is 37.5 Å². The Hall–Kier alpha value is -3.02. The van der Waals surface area contributed by atoms with Crippen LogP contribution in [0.5, 0.6) is 0 Å². The van der Waals surface area contributed by atoms with Gasteiger partial charge in [-0.25, -0.2) is 12.8 Å². The molecule has 2 aliphatic heterocycles. The molecule has 36 heavy (non-hydrogen) atoms. The second kappa shape index (κ2) is 10.9. The van der Waals surface area contributed by atoms with Crippen molar-refractivity contribution >= 4 is 15.7 Å². The molecule has 2 N–H and O–H groups in total. The summed E-state index contributed by atoms with van der Waals surface area (Å²) in [6.45, 7) is 4.11. The third-order valence-electron chi connectivity index (χ3n) is 7.07. The van der Waals surface area contributed by atoms with Crippen molar-refractivity contribution in [3.63, 3.8) is 0 Å². The number of nitrogens with two attached hydrogens (primary N) is 1. The Morgan fingerprint density at radius 3 is 2.44 bits per heavy atom. The fraction of sp³-hybridized carbons (Fsp3) is 0.440. The Morgan fingerprint density at radius 1 is 1.14 bits per heavy atom. The monoisotopic (exact) mass is 517 g/mol. The van der Waals surface area contributed by atoms with E-state index in [9.17, 15) is 18.5 Å². The van der Waals surface area contributed by atoms with E-state index in [-0.39, 0.29) is 19.1 Å². The molecule has 194 valence electrons. The topological polar surface area (TPSA) is 113 Å². The molecule has 2 aromatic rings. The van der Waals surface area contributed by atoms with Gasteiger partial charge in [0.2, 0.25) is 10.0 Å². The molecule has 11 heteroatoms. The quantitative estimate of drug-likeness (QED) is 0.444. The second-order valence-corrected chi connectivity index (χ2v) is 11.3. The van der Waals surface area contributed by atoms with E-state index >= 15 is 4.39 Å². The van der Waals surface area contributed by atoms with E-state index in [1.807, 2.05) is 47.1 Å². The lowest BCUT2D eigenvalue weighted by molar-refractivity contribution is -0.404. The van der Waals surface area contributed by atoms with Crippen molar-refractivity contribution in [2.45, 2.75) is 37.6 Å². The Labute approximate surface area is 211 Å². The highest BCUT2D eigenvalue weighted by Crippen LogP contribution is 2.38. The van der Waals surface area contributed by atoms with E-state index in [4.69, 9.17) is 5.73 Å². The summed E-state index contributed by atoms with van der Waals surface area (Å²) in [7, 11) is -3.65. The molecule has 9 nitrogen and oxygen atoms in total. The summed E-state index contributed by atoms with van der Waals surface area (Å²) >= 11 is 0. The van der Waals surface area contributed by atoms with Gasteiger partial charge in [0.05, 0.1) is 10.6 Å². The first-order valence-corrected chi connectivity index (χ1v) is 13.6. The summed E-state index contributed by atoms with van der Waals surface area (Å²) < 4.78 is 43.6. The van der Waals surface area contributed by atoms with Crippen LogP contribution in [0.1, 0.15) is 36.1 Å². The Bertz CT molecular complexity index is 1220. The largest absolute Gasteiger partial charge is 0.368 e. The Kier molecular flexibility index (Phi) is 7.91. The molecule has 0 aliphatic carbocycles. The van der Waals surface area contributed by atoms with Gasteiger partial charge in [-0.1, -0.05) is 36.4 Å². The number of hydrogen-bond acceptors (Lipinski definition) is 7. The summed E-state index contributed by atoms with van der Waals surface area (Å²) in [6, 6.07) is 13.9. The lowest BCUT2D eigenvalue weighted by Gasteiger charge is -2.38. The highest BCUT2D eigenvalue weighted by Gasteiger charge is 2.40. The molecule has 2 unspecified atom stereocenters. The van der Waals surface area contributed by atoms with Crippen LogP contribution in [-0.4, -0.2) is 61.3 Å². The number of nitrogens with zero attached hydrogens (tertiary/aromatic N) is 4. The van der Waals surface area contributed by atoms with E-state index in [1.165, 1.54) is 10.4 Å². The minimum atomic E-state index is -3.65. The van der Waals surface area contributed by atoms with Crippen molar-refractivity contribution in [3.8, 4) is 0 Å². The van der Waals surface area contributed by atoms with Crippen molar-refractivity contribution in [3.05, 3.63) is 87.5 Å². The van der Waals surface area contributed by atoms with Crippen LogP contribution < -0.4 is 10.6 Å². The van der Waals surface area contributed by atoms with Gasteiger partial charge < -0.3 is 15.5 Å². The zero-order chi connectivity index (χ0) is 25.9. The molecule has 0 amide bonds. The van der Waals surface area contributed by atoms with Gasteiger partial charge >= 0.3 is 0 Å². The van der Waals surface area contributed by atoms with Gasteiger partial charge in [-0.15, -0.1) is 0 Å². The molecule has 0 aromatic heterocycles. The van der Waals surface area contributed by atoms with Crippen LogP contribution in [0.2, 0.25) is 0 Å². The lowest BCUT2D eigenvalue weighted by Crippen LogP contribution is -2.47. The third-order valence-corrected chi connectivity index (χ3v) is 9.44. The summed E-state index contributed by atoms with van der Waals surface area (Å²) in [4.78, 5) is 14.2. The second-order valence-electron chi connectivity index (χ2n) is 9.28. The van der Waals surface area contributed by atoms with Crippen LogP contribution in [0.25, 0.3) is 0 Å². The molecule has 2 fully saturated rings. The summed E-state index contributed by atoms with van der Waals surface area (Å²) in [5.41, 5.74) is 7.91. The van der Waals surface area contributed by atoms with Gasteiger partial charge in [-0.2, -0.15) is 4.31 Å². The van der Waals surface area contributed by atoms with E-state index in [0.29, 0.717) is 56.0 Å². The van der Waals surface area contributed by atoms with Crippen molar-refractivity contribution in [2.75, 3.05) is 37.6 Å². The molecule has 0 spiro atoms. The fourth-order valence-corrected chi connectivity index (χ4v) is 7.21. The van der Waals surface area contributed by atoms with Crippen molar-refractivity contribution in [1.82, 2.24) is 9.21 Å². The van der Waals surface area contributed by atoms with Crippen LogP contribution in [0.4, 0.5) is 10.1 Å².